The van der Waals surface area contributed by atoms with Crippen molar-refractivity contribution >= 4 is 58.2 Å². The predicted octanol–water partition coefficient (Wildman–Crippen LogP) is 5.58. The Morgan fingerprint density at radius 2 is 1.29 bits per heavy atom. The highest BCUT2D eigenvalue weighted by molar-refractivity contribution is 6.35. The van der Waals surface area contributed by atoms with Gasteiger partial charge < -0.3 is 10.2 Å². The topological polar surface area (TPSA) is 49.4 Å². The molecule has 3 rings (SSSR count). The van der Waals surface area contributed by atoms with Crippen molar-refractivity contribution in [2.24, 2.45) is 5.92 Å². The lowest BCUT2D eigenvalue weighted by atomic mass is 9.96. The lowest BCUT2D eigenvalue weighted by Gasteiger charge is -2.32. The fourth-order valence-corrected chi connectivity index (χ4v) is 4.28. The van der Waals surface area contributed by atoms with E-state index in [1.54, 1.807) is 41.3 Å². The largest absolute Gasteiger partial charge is 0.352 e. The first-order valence-electron chi connectivity index (χ1n) is 8.81. The van der Waals surface area contributed by atoms with Crippen LogP contribution in [0.3, 0.4) is 0 Å². The molecule has 4 nitrogen and oxygen atoms in total. The normalized spacial score (nSPS) is 14.8. The van der Waals surface area contributed by atoms with Crippen molar-refractivity contribution in [3.8, 4) is 0 Å². The first-order chi connectivity index (χ1) is 13.3. The summed E-state index contributed by atoms with van der Waals surface area (Å²) in [6.45, 7) is 1.77. The van der Waals surface area contributed by atoms with Gasteiger partial charge in [-0.05, 0) is 55.2 Å². The monoisotopic (exact) mass is 458 g/mol. The molecule has 0 saturated carbocycles. The van der Waals surface area contributed by atoms with Gasteiger partial charge in [0.05, 0.1) is 0 Å². The van der Waals surface area contributed by atoms with Gasteiger partial charge in [0.25, 0.3) is 11.8 Å². The molecule has 0 bridgehead atoms. The van der Waals surface area contributed by atoms with Crippen LogP contribution in [0, 0.1) is 5.92 Å². The number of carbonyl (C=O) groups is 2. The zero-order chi connectivity index (χ0) is 20.3. The Labute approximate surface area is 183 Å². The number of likely N-dealkylation sites (tertiary alicyclic amines) is 1. The number of amides is 2. The lowest BCUT2D eigenvalue weighted by Crippen LogP contribution is -2.41. The quantitative estimate of drug-likeness (QED) is 0.648. The summed E-state index contributed by atoms with van der Waals surface area (Å²) in [6.07, 6.45) is 1.60. The Balaban J connectivity index is 1.51. The van der Waals surface area contributed by atoms with Gasteiger partial charge in [-0.3, -0.25) is 9.59 Å². The van der Waals surface area contributed by atoms with Crippen molar-refractivity contribution in [3.63, 3.8) is 0 Å². The third-order valence-corrected chi connectivity index (χ3v) is 5.56. The van der Waals surface area contributed by atoms with Crippen molar-refractivity contribution in [1.82, 2.24) is 10.2 Å². The third-order valence-electron chi connectivity index (χ3n) is 4.69. The maximum absolute atomic E-state index is 12.6. The molecular weight excluding hydrogens is 442 g/mol. The number of hydrogen-bond donors (Lipinski definition) is 1. The minimum atomic E-state index is -0.212. The predicted molar refractivity (Wildman–Crippen MR) is 114 cm³/mol. The number of nitrogens with zero attached hydrogens (tertiary/aromatic N) is 1. The van der Waals surface area contributed by atoms with Gasteiger partial charge in [0, 0.05) is 50.9 Å². The molecule has 0 aromatic heterocycles. The molecule has 0 radical (unpaired) electrons. The van der Waals surface area contributed by atoms with Crippen LogP contribution < -0.4 is 5.32 Å². The molecule has 0 atom stereocenters. The van der Waals surface area contributed by atoms with E-state index in [2.05, 4.69) is 5.32 Å². The summed E-state index contributed by atoms with van der Waals surface area (Å²) in [6, 6.07) is 9.60. The molecule has 1 aliphatic rings. The minimum absolute atomic E-state index is 0.0829. The number of rotatable bonds is 4. The summed E-state index contributed by atoms with van der Waals surface area (Å²) < 4.78 is 0. The zero-order valence-corrected chi connectivity index (χ0v) is 17.9. The molecule has 0 spiro atoms. The molecule has 2 aromatic carbocycles. The highest BCUT2D eigenvalue weighted by atomic mass is 35.5. The lowest BCUT2D eigenvalue weighted by molar-refractivity contribution is 0.0684. The molecule has 1 fully saturated rings. The number of hydrogen-bond acceptors (Lipinski definition) is 2. The Hall–Kier alpha value is -1.46. The van der Waals surface area contributed by atoms with Gasteiger partial charge in [0.2, 0.25) is 0 Å². The first kappa shape index (κ1) is 21.3. The second-order valence-electron chi connectivity index (χ2n) is 6.76. The molecule has 148 valence electrons. The zero-order valence-electron chi connectivity index (χ0n) is 14.9. The standard InChI is InChI=1S/C20H18Cl4N2O2/c21-15-5-13(6-16(22)9-15)19(27)25-11-12-1-3-26(4-2-12)20(28)14-7-17(23)10-18(24)8-14/h5-10,12H,1-4,11H2,(H,25,27). The Morgan fingerprint density at radius 1 is 0.821 bits per heavy atom. The fourth-order valence-electron chi connectivity index (χ4n) is 3.22. The number of nitrogens with one attached hydrogen (secondary N) is 1. The molecule has 1 saturated heterocycles. The summed E-state index contributed by atoms with van der Waals surface area (Å²) >= 11 is 23.9. The molecule has 2 aromatic rings. The van der Waals surface area contributed by atoms with Gasteiger partial charge in [-0.25, -0.2) is 0 Å². The van der Waals surface area contributed by atoms with E-state index in [-0.39, 0.29) is 11.8 Å². The van der Waals surface area contributed by atoms with Gasteiger partial charge >= 0.3 is 0 Å². The molecule has 1 aliphatic heterocycles. The second kappa shape index (κ2) is 9.36. The van der Waals surface area contributed by atoms with Crippen LogP contribution in [-0.4, -0.2) is 36.3 Å². The van der Waals surface area contributed by atoms with Crippen LogP contribution in [0.5, 0.6) is 0 Å². The van der Waals surface area contributed by atoms with E-state index >= 15 is 0 Å². The first-order valence-corrected chi connectivity index (χ1v) is 10.3. The summed E-state index contributed by atoms with van der Waals surface area (Å²) in [7, 11) is 0. The smallest absolute Gasteiger partial charge is 0.253 e. The summed E-state index contributed by atoms with van der Waals surface area (Å²) in [4.78, 5) is 26.7. The third kappa shape index (κ3) is 5.54. The number of benzene rings is 2. The Morgan fingerprint density at radius 3 is 1.79 bits per heavy atom. The molecule has 28 heavy (non-hydrogen) atoms. The van der Waals surface area contributed by atoms with Crippen LogP contribution in [0.2, 0.25) is 20.1 Å². The van der Waals surface area contributed by atoms with Gasteiger partial charge in [-0.15, -0.1) is 0 Å². The van der Waals surface area contributed by atoms with E-state index in [0.29, 0.717) is 56.8 Å². The number of carbonyl (C=O) groups excluding carboxylic acids is 2. The molecule has 1 N–H and O–H groups in total. The van der Waals surface area contributed by atoms with Crippen LogP contribution >= 0.6 is 46.4 Å². The van der Waals surface area contributed by atoms with Gasteiger partial charge in [0.1, 0.15) is 0 Å². The van der Waals surface area contributed by atoms with Crippen molar-refractivity contribution in [2.75, 3.05) is 19.6 Å². The van der Waals surface area contributed by atoms with Crippen LogP contribution in [0.1, 0.15) is 33.6 Å². The van der Waals surface area contributed by atoms with Crippen LogP contribution in [0.4, 0.5) is 0 Å². The van der Waals surface area contributed by atoms with Crippen LogP contribution in [-0.2, 0) is 0 Å². The summed E-state index contributed by atoms with van der Waals surface area (Å²) in [5.41, 5.74) is 0.921. The fraction of sp³-hybridized carbons (Fsp3) is 0.300. The molecule has 0 aliphatic carbocycles. The minimum Gasteiger partial charge on any atom is -0.352 e. The van der Waals surface area contributed by atoms with E-state index in [4.69, 9.17) is 46.4 Å². The highest BCUT2D eigenvalue weighted by Gasteiger charge is 2.24. The number of halogens is 4. The van der Waals surface area contributed by atoms with Crippen LogP contribution in [0.25, 0.3) is 0 Å². The molecule has 1 heterocycles. The maximum atomic E-state index is 12.6. The summed E-state index contributed by atoms with van der Waals surface area (Å²) in [5, 5.41) is 4.64. The second-order valence-corrected chi connectivity index (χ2v) is 8.51. The van der Waals surface area contributed by atoms with Crippen molar-refractivity contribution < 1.29 is 9.59 Å². The maximum Gasteiger partial charge on any atom is 0.253 e. The average Bonchev–Trinajstić information content (AvgIpc) is 2.64. The molecule has 0 unspecified atom stereocenters. The van der Waals surface area contributed by atoms with Crippen molar-refractivity contribution in [2.45, 2.75) is 12.8 Å². The van der Waals surface area contributed by atoms with E-state index in [1.165, 1.54) is 0 Å². The highest BCUT2D eigenvalue weighted by Crippen LogP contribution is 2.23. The SMILES string of the molecule is O=C(NCC1CCN(C(=O)c2cc(Cl)cc(Cl)c2)CC1)c1cc(Cl)cc(Cl)c1. The molecular formula is C20H18Cl4N2O2. The van der Waals surface area contributed by atoms with E-state index < -0.39 is 0 Å². The van der Waals surface area contributed by atoms with Gasteiger partial charge in [0.15, 0.2) is 0 Å². The molecule has 8 heteroatoms. The Bertz CT molecular complexity index is 855. The van der Waals surface area contributed by atoms with Crippen molar-refractivity contribution in [3.05, 3.63) is 67.6 Å². The number of piperidine rings is 1. The summed E-state index contributed by atoms with van der Waals surface area (Å²) in [5.74, 6) is 0.00235. The van der Waals surface area contributed by atoms with Crippen molar-refractivity contribution in [1.29, 1.82) is 0 Å². The van der Waals surface area contributed by atoms with Gasteiger partial charge in [-0.1, -0.05) is 46.4 Å². The van der Waals surface area contributed by atoms with E-state index in [9.17, 15) is 9.59 Å². The van der Waals surface area contributed by atoms with Gasteiger partial charge in [-0.2, -0.15) is 0 Å². The van der Waals surface area contributed by atoms with E-state index in [0.717, 1.165) is 12.8 Å². The Kier molecular flexibility index (Phi) is 7.10. The molecule has 2 amide bonds. The van der Waals surface area contributed by atoms with E-state index in [1.807, 2.05) is 0 Å². The average molecular weight is 460 g/mol. The van der Waals surface area contributed by atoms with Crippen LogP contribution in [0.15, 0.2) is 36.4 Å².